The summed E-state index contributed by atoms with van der Waals surface area (Å²) in [6.45, 7) is 0.480. The fraction of sp³-hybridized carbons (Fsp3) is 0.143. The number of ether oxygens (including phenoxy) is 1. The van der Waals surface area contributed by atoms with Gasteiger partial charge in [0, 0.05) is 5.02 Å². The molecule has 2 N–H and O–H groups in total. The topological polar surface area (TPSA) is 35.2 Å². The predicted molar refractivity (Wildman–Crippen MR) is 70.7 cm³/mol. The van der Waals surface area contributed by atoms with Gasteiger partial charge in [0.25, 0.3) is 0 Å². The van der Waals surface area contributed by atoms with Crippen LogP contribution in [-0.2, 0) is 6.42 Å². The van der Waals surface area contributed by atoms with Crippen molar-refractivity contribution in [2.45, 2.75) is 6.42 Å². The molecule has 0 aliphatic rings. The predicted octanol–water partition coefficient (Wildman–Crippen LogP) is 3.77. The average Bonchev–Trinajstić information content (AvgIpc) is 2.35. The molecule has 2 rings (SSSR count). The molecule has 2 aromatic rings. The largest absolute Gasteiger partial charge is 0.454 e. The summed E-state index contributed by atoms with van der Waals surface area (Å²) in [5.41, 5.74) is 6.40. The number of rotatable bonds is 4. The van der Waals surface area contributed by atoms with Gasteiger partial charge in [-0.25, -0.2) is 4.39 Å². The van der Waals surface area contributed by atoms with E-state index in [1.807, 2.05) is 0 Å². The molecule has 0 atom stereocenters. The number of hydrogen-bond acceptors (Lipinski definition) is 2. The van der Waals surface area contributed by atoms with Crippen LogP contribution < -0.4 is 10.5 Å². The van der Waals surface area contributed by atoms with Crippen molar-refractivity contribution in [2.75, 3.05) is 6.54 Å². The first kappa shape index (κ1) is 12.9. The molecule has 0 fully saturated rings. The molecule has 0 spiro atoms. The first-order valence-electron chi connectivity index (χ1n) is 5.61. The second kappa shape index (κ2) is 5.85. The van der Waals surface area contributed by atoms with E-state index in [0.717, 1.165) is 5.56 Å². The van der Waals surface area contributed by atoms with Gasteiger partial charge in [0.2, 0.25) is 0 Å². The van der Waals surface area contributed by atoms with Gasteiger partial charge in [0.05, 0.1) is 0 Å². The summed E-state index contributed by atoms with van der Waals surface area (Å²) in [7, 11) is 0. The van der Waals surface area contributed by atoms with Crippen molar-refractivity contribution in [2.24, 2.45) is 5.73 Å². The number of nitrogens with two attached hydrogens (primary N) is 1. The smallest absolute Gasteiger partial charge is 0.165 e. The minimum absolute atomic E-state index is 0.193. The summed E-state index contributed by atoms with van der Waals surface area (Å²) in [6, 6.07) is 11.5. The van der Waals surface area contributed by atoms with Crippen molar-refractivity contribution >= 4 is 11.6 Å². The Labute approximate surface area is 110 Å². The fourth-order valence-corrected chi connectivity index (χ4v) is 1.84. The Bertz CT molecular complexity index is 545. The molecule has 0 unspecified atom stereocenters. The third kappa shape index (κ3) is 3.00. The lowest BCUT2D eigenvalue weighted by Gasteiger charge is -2.11. The molecule has 0 aliphatic carbocycles. The van der Waals surface area contributed by atoms with Crippen LogP contribution in [0.3, 0.4) is 0 Å². The van der Waals surface area contributed by atoms with Gasteiger partial charge in [0.1, 0.15) is 5.75 Å². The normalized spacial score (nSPS) is 10.4. The summed E-state index contributed by atoms with van der Waals surface area (Å²) < 4.78 is 19.1. The van der Waals surface area contributed by atoms with Gasteiger partial charge in [-0.1, -0.05) is 23.7 Å². The summed E-state index contributed by atoms with van der Waals surface area (Å²) in [5.74, 6) is 0.374. The third-order valence-electron chi connectivity index (χ3n) is 2.49. The van der Waals surface area contributed by atoms with Crippen LogP contribution in [0, 0.1) is 5.82 Å². The maximum absolute atomic E-state index is 13.5. The highest BCUT2D eigenvalue weighted by Crippen LogP contribution is 2.29. The molecule has 94 valence electrons. The standard InChI is InChI=1S/C14H13ClFNO/c15-11-5-6-13(10(9-11)7-8-17)18-14-4-2-1-3-12(14)16/h1-6,9H,7-8,17H2. The van der Waals surface area contributed by atoms with Crippen LogP contribution in [0.15, 0.2) is 42.5 Å². The van der Waals surface area contributed by atoms with Gasteiger partial charge < -0.3 is 10.5 Å². The van der Waals surface area contributed by atoms with Gasteiger partial charge in [-0.05, 0) is 48.9 Å². The highest BCUT2D eigenvalue weighted by Gasteiger charge is 2.08. The number of hydrogen-bond donors (Lipinski definition) is 1. The lowest BCUT2D eigenvalue weighted by atomic mass is 10.1. The Balaban J connectivity index is 2.31. The van der Waals surface area contributed by atoms with Crippen molar-refractivity contribution in [1.82, 2.24) is 0 Å². The molecule has 0 amide bonds. The zero-order chi connectivity index (χ0) is 13.0. The minimum atomic E-state index is -0.397. The van der Waals surface area contributed by atoms with Gasteiger partial charge >= 0.3 is 0 Å². The van der Waals surface area contributed by atoms with E-state index in [1.54, 1.807) is 36.4 Å². The van der Waals surface area contributed by atoms with Crippen LogP contribution in [0.25, 0.3) is 0 Å². The van der Waals surface area contributed by atoms with Crippen molar-refractivity contribution in [1.29, 1.82) is 0 Å². The van der Waals surface area contributed by atoms with Crippen LogP contribution in [0.4, 0.5) is 4.39 Å². The average molecular weight is 266 g/mol. The van der Waals surface area contributed by atoms with E-state index in [2.05, 4.69) is 0 Å². The first-order valence-corrected chi connectivity index (χ1v) is 5.99. The summed E-state index contributed by atoms with van der Waals surface area (Å²) in [5, 5.41) is 0.610. The number of benzene rings is 2. The summed E-state index contributed by atoms with van der Waals surface area (Å²) in [6.07, 6.45) is 0.629. The molecule has 2 nitrogen and oxygen atoms in total. The maximum atomic E-state index is 13.5. The molecule has 2 aromatic carbocycles. The minimum Gasteiger partial charge on any atom is -0.454 e. The quantitative estimate of drug-likeness (QED) is 0.913. The van der Waals surface area contributed by atoms with E-state index in [-0.39, 0.29) is 5.75 Å². The molecule has 0 saturated carbocycles. The highest BCUT2D eigenvalue weighted by atomic mass is 35.5. The van der Waals surface area contributed by atoms with Crippen LogP contribution in [0.1, 0.15) is 5.56 Å². The van der Waals surface area contributed by atoms with Gasteiger partial charge in [0.15, 0.2) is 11.6 Å². The van der Waals surface area contributed by atoms with Crippen molar-refractivity contribution in [3.05, 3.63) is 58.9 Å². The molecule has 0 aliphatic heterocycles. The molecule has 18 heavy (non-hydrogen) atoms. The Hall–Kier alpha value is -1.58. The molecular formula is C14H13ClFNO. The van der Waals surface area contributed by atoms with Gasteiger partial charge in [-0.2, -0.15) is 0 Å². The lowest BCUT2D eigenvalue weighted by molar-refractivity contribution is 0.438. The Morgan fingerprint density at radius 1 is 1.11 bits per heavy atom. The van der Waals surface area contributed by atoms with Gasteiger partial charge in [-0.3, -0.25) is 0 Å². The lowest BCUT2D eigenvalue weighted by Crippen LogP contribution is -2.04. The SMILES string of the molecule is NCCc1cc(Cl)ccc1Oc1ccccc1F. The molecule has 0 aromatic heterocycles. The highest BCUT2D eigenvalue weighted by molar-refractivity contribution is 6.30. The molecule has 0 heterocycles. The maximum Gasteiger partial charge on any atom is 0.165 e. The first-order chi connectivity index (χ1) is 8.70. The third-order valence-corrected chi connectivity index (χ3v) is 2.73. The summed E-state index contributed by atoms with van der Waals surface area (Å²) >= 11 is 5.92. The Kier molecular flexibility index (Phi) is 4.18. The summed E-state index contributed by atoms with van der Waals surface area (Å²) in [4.78, 5) is 0. The van der Waals surface area contributed by atoms with Crippen molar-refractivity contribution in [3.8, 4) is 11.5 Å². The second-order valence-electron chi connectivity index (χ2n) is 3.82. The van der Waals surface area contributed by atoms with Crippen molar-refractivity contribution < 1.29 is 9.13 Å². The van der Waals surface area contributed by atoms with E-state index in [0.29, 0.717) is 23.7 Å². The van der Waals surface area contributed by atoms with Crippen LogP contribution >= 0.6 is 11.6 Å². The van der Waals surface area contributed by atoms with E-state index in [4.69, 9.17) is 22.1 Å². The molecular weight excluding hydrogens is 253 g/mol. The second-order valence-corrected chi connectivity index (χ2v) is 4.26. The van der Waals surface area contributed by atoms with Gasteiger partial charge in [-0.15, -0.1) is 0 Å². The van der Waals surface area contributed by atoms with E-state index in [1.165, 1.54) is 6.07 Å². The number of para-hydroxylation sites is 1. The van der Waals surface area contributed by atoms with Crippen LogP contribution in [0.5, 0.6) is 11.5 Å². The number of halogens is 2. The fourth-order valence-electron chi connectivity index (χ4n) is 1.64. The van der Waals surface area contributed by atoms with E-state index in [9.17, 15) is 4.39 Å². The zero-order valence-electron chi connectivity index (χ0n) is 9.70. The molecule has 0 radical (unpaired) electrons. The van der Waals surface area contributed by atoms with E-state index >= 15 is 0 Å². The Morgan fingerprint density at radius 2 is 1.89 bits per heavy atom. The molecule has 0 bridgehead atoms. The van der Waals surface area contributed by atoms with E-state index < -0.39 is 5.82 Å². The Morgan fingerprint density at radius 3 is 2.61 bits per heavy atom. The molecule has 0 saturated heterocycles. The molecule has 4 heteroatoms. The zero-order valence-corrected chi connectivity index (χ0v) is 10.5. The van der Waals surface area contributed by atoms with Crippen LogP contribution in [0.2, 0.25) is 5.02 Å². The van der Waals surface area contributed by atoms with Crippen LogP contribution in [-0.4, -0.2) is 6.54 Å². The van der Waals surface area contributed by atoms with Crippen molar-refractivity contribution in [3.63, 3.8) is 0 Å². The monoisotopic (exact) mass is 265 g/mol.